The van der Waals surface area contributed by atoms with Gasteiger partial charge in [0.2, 0.25) is 5.91 Å². The minimum absolute atomic E-state index is 0.226. The molecule has 0 bridgehead atoms. The lowest BCUT2D eigenvalue weighted by molar-refractivity contribution is -0.117. The van der Waals surface area contributed by atoms with E-state index in [9.17, 15) is 9.59 Å². The first-order chi connectivity index (χ1) is 12.6. The number of nitrogens with one attached hydrogen (secondary N) is 1. The van der Waals surface area contributed by atoms with Crippen LogP contribution in [0.5, 0.6) is 5.75 Å². The van der Waals surface area contributed by atoms with Crippen LogP contribution in [-0.4, -0.2) is 27.8 Å². The summed E-state index contributed by atoms with van der Waals surface area (Å²) >= 11 is 3.35. The van der Waals surface area contributed by atoms with Gasteiger partial charge >= 0.3 is 5.69 Å². The number of amides is 1. The van der Waals surface area contributed by atoms with Crippen LogP contribution in [-0.2, 0) is 11.3 Å². The molecule has 0 aliphatic heterocycles. The average Bonchev–Trinajstić information content (AvgIpc) is 2.65. The fraction of sp³-hybridized carbons (Fsp3) is 0.111. The van der Waals surface area contributed by atoms with Gasteiger partial charge in [0.1, 0.15) is 12.3 Å². The Hall–Kier alpha value is -3.00. The number of para-hydroxylation sites is 1. The van der Waals surface area contributed by atoms with E-state index < -0.39 is 5.69 Å². The van der Waals surface area contributed by atoms with E-state index in [1.807, 2.05) is 12.1 Å². The quantitative estimate of drug-likeness (QED) is 0.693. The molecule has 26 heavy (non-hydrogen) atoms. The zero-order valence-electron chi connectivity index (χ0n) is 13.8. The van der Waals surface area contributed by atoms with Gasteiger partial charge in [-0.15, -0.1) is 0 Å². The van der Waals surface area contributed by atoms with Crippen molar-refractivity contribution in [2.24, 2.45) is 0 Å². The van der Waals surface area contributed by atoms with Crippen molar-refractivity contribution in [2.45, 2.75) is 6.54 Å². The molecule has 0 unspecified atom stereocenters. The molecule has 1 heterocycles. The Morgan fingerprint density at radius 1 is 1.19 bits per heavy atom. The third kappa shape index (κ3) is 4.15. The number of hydrogen-bond acceptors (Lipinski definition) is 5. The van der Waals surface area contributed by atoms with E-state index in [2.05, 4.69) is 31.3 Å². The van der Waals surface area contributed by atoms with E-state index in [4.69, 9.17) is 4.74 Å². The molecular weight excluding hydrogens is 400 g/mol. The lowest BCUT2D eigenvalue weighted by Gasteiger charge is -2.08. The van der Waals surface area contributed by atoms with E-state index in [1.165, 1.54) is 6.20 Å². The number of halogens is 1. The van der Waals surface area contributed by atoms with Crippen LogP contribution in [0.2, 0.25) is 0 Å². The van der Waals surface area contributed by atoms with Crippen molar-refractivity contribution in [3.63, 3.8) is 0 Å². The van der Waals surface area contributed by atoms with E-state index in [0.717, 1.165) is 14.7 Å². The Labute approximate surface area is 157 Å². The minimum atomic E-state index is -0.597. The van der Waals surface area contributed by atoms with Crippen LogP contribution in [0.15, 0.2) is 64.0 Å². The van der Waals surface area contributed by atoms with Crippen molar-refractivity contribution >= 4 is 27.5 Å². The minimum Gasteiger partial charge on any atom is -0.497 e. The van der Waals surface area contributed by atoms with Gasteiger partial charge in [0.25, 0.3) is 0 Å². The highest BCUT2D eigenvalue weighted by atomic mass is 79.9. The fourth-order valence-electron chi connectivity index (χ4n) is 2.26. The molecule has 0 saturated heterocycles. The maximum atomic E-state index is 12.2. The van der Waals surface area contributed by atoms with Crippen LogP contribution in [0, 0.1) is 0 Å². The molecule has 0 fully saturated rings. The van der Waals surface area contributed by atoms with Crippen molar-refractivity contribution in [1.29, 1.82) is 0 Å². The van der Waals surface area contributed by atoms with Gasteiger partial charge in [-0.25, -0.2) is 9.48 Å². The maximum Gasteiger partial charge on any atom is 0.365 e. The van der Waals surface area contributed by atoms with Gasteiger partial charge in [0.05, 0.1) is 24.7 Å². The Balaban J connectivity index is 1.74. The van der Waals surface area contributed by atoms with Crippen molar-refractivity contribution in [2.75, 3.05) is 12.4 Å². The first kappa shape index (κ1) is 17.8. The molecule has 0 spiro atoms. The first-order valence-electron chi connectivity index (χ1n) is 7.70. The molecule has 1 N–H and O–H groups in total. The van der Waals surface area contributed by atoms with Crippen LogP contribution in [0.25, 0.3) is 11.3 Å². The summed E-state index contributed by atoms with van der Waals surface area (Å²) in [6, 6.07) is 14.3. The molecule has 1 amide bonds. The van der Waals surface area contributed by atoms with Gasteiger partial charge < -0.3 is 10.1 Å². The summed E-state index contributed by atoms with van der Waals surface area (Å²) in [5.41, 5.74) is 1.19. The topological polar surface area (TPSA) is 86.1 Å². The number of ether oxygens (including phenoxy) is 1. The predicted molar refractivity (Wildman–Crippen MR) is 101 cm³/mol. The molecule has 7 nitrogen and oxygen atoms in total. The summed E-state index contributed by atoms with van der Waals surface area (Å²) in [6.45, 7) is -0.226. The van der Waals surface area contributed by atoms with Crippen molar-refractivity contribution in [3.05, 3.63) is 69.7 Å². The highest BCUT2D eigenvalue weighted by molar-refractivity contribution is 9.10. The molecule has 0 atom stereocenters. The number of hydrogen-bond donors (Lipinski definition) is 1. The zero-order valence-corrected chi connectivity index (χ0v) is 15.4. The molecule has 8 heteroatoms. The van der Waals surface area contributed by atoms with Crippen molar-refractivity contribution < 1.29 is 9.53 Å². The molecule has 3 aromatic rings. The Morgan fingerprint density at radius 2 is 1.92 bits per heavy atom. The summed E-state index contributed by atoms with van der Waals surface area (Å²) in [5, 5.41) is 6.76. The van der Waals surface area contributed by atoms with Gasteiger partial charge in [-0.1, -0.05) is 12.1 Å². The number of carbonyl (C=O) groups is 1. The first-order valence-corrected chi connectivity index (χ1v) is 8.49. The van der Waals surface area contributed by atoms with Crippen molar-refractivity contribution in [1.82, 2.24) is 14.8 Å². The van der Waals surface area contributed by atoms with Crippen LogP contribution in [0.4, 0.5) is 5.69 Å². The number of aromatic nitrogens is 3. The number of benzene rings is 2. The number of nitrogens with zero attached hydrogens (tertiary/aromatic N) is 3. The predicted octanol–water partition coefficient (Wildman–Crippen LogP) is 2.72. The zero-order chi connectivity index (χ0) is 18.5. The summed E-state index contributed by atoms with van der Waals surface area (Å²) in [4.78, 5) is 28.3. The standard InChI is InChI=1S/C18H15BrN4O3/c1-26-13-8-6-12(7-9-13)16-10-20-23(18(25)22-16)11-17(24)21-15-5-3-2-4-14(15)19/h2-10H,11H2,1H3,(H,21,24). The van der Waals surface area contributed by atoms with Crippen molar-refractivity contribution in [3.8, 4) is 17.0 Å². The summed E-state index contributed by atoms with van der Waals surface area (Å²) in [7, 11) is 1.58. The lowest BCUT2D eigenvalue weighted by atomic mass is 10.1. The molecule has 0 aliphatic rings. The van der Waals surface area contributed by atoms with E-state index in [1.54, 1.807) is 43.5 Å². The van der Waals surface area contributed by atoms with Crippen LogP contribution >= 0.6 is 15.9 Å². The van der Waals surface area contributed by atoms with Crippen LogP contribution < -0.4 is 15.7 Å². The second kappa shape index (κ2) is 7.92. The smallest absolute Gasteiger partial charge is 0.365 e. The third-order valence-corrected chi connectivity index (χ3v) is 4.27. The number of rotatable bonds is 5. The highest BCUT2D eigenvalue weighted by Crippen LogP contribution is 2.21. The Morgan fingerprint density at radius 3 is 2.58 bits per heavy atom. The molecule has 0 radical (unpaired) electrons. The SMILES string of the molecule is COc1ccc(-c2cnn(CC(=O)Nc3ccccc3Br)c(=O)n2)cc1. The van der Waals surface area contributed by atoms with Gasteiger partial charge in [-0.05, 0) is 52.3 Å². The molecule has 0 saturated carbocycles. The Bertz CT molecular complexity index is 986. The number of anilines is 1. The molecule has 3 rings (SSSR count). The fourth-order valence-corrected chi connectivity index (χ4v) is 2.64. The largest absolute Gasteiger partial charge is 0.497 e. The van der Waals surface area contributed by atoms with Crippen LogP contribution in [0.1, 0.15) is 0 Å². The average molecular weight is 415 g/mol. The van der Waals surface area contributed by atoms with Gasteiger partial charge in [-0.2, -0.15) is 10.1 Å². The second-order valence-corrected chi connectivity index (χ2v) is 6.19. The number of carbonyl (C=O) groups excluding carboxylic acids is 1. The molecular formula is C18H15BrN4O3. The van der Waals surface area contributed by atoms with Gasteiger partial charge in [-0.3, -0.25) is 4.79 Å². The summed E-state index contributed by atoms with van der Waals surface area (Å²) in [5.74, 6) is 0.337. The van der Waals surface area contributed by atoms with E-state index >= 15 is 0 Å². The second-order valence-electron chi connectivity index (χ2n) is 5.34. The van der Waals surface area contributed by atoms with Crippen LogP contribution in [0.3, 0.4) is 0 Å². The lowest BCUT2D eigenvalue weighted by Crippen LogP contribution is -2.31. The number of methoxy groups -OCH3 is 1. The summed E-state index contributed by atoms with van der Waals surface area (Å²) in [6.07, 6.45) is 1.45. The monoisotopic (exact) mass is 414 g/mol. The summed E-state index contributed by atoms with van der Waals surface area (Å²) < 4.78 is 6.86. The van der Waals surface area contributed by atoms with E-state index in [-0.39, 0.29) is 12.5 Å². The molecule has 0 aliphatic carbocycles. The molecule has 1 aromatic heterocycles. The molecule has 2 aromatic carbocycles. The van der Waals surface area contributed by atoms with E-state index in [0.29, 0.717) is 17.1 Å². The van der Waals surface area contributed by atoms with Gasteiger partial charge in [0.15, 0.2) is 0 Å². The highest BCUT2D eigenvalue weighted by Gasteiger charge is 2.10. The third-order valence-electron chi connectivity index (χ3n) is 3.58. The Kier molecular flexibility index (Phi) is 5.43. The van der Waals surface area contributed by atoms with Gasteiger partial charge in [0, 0.05) is 10.0 Å². The molecule has 132 valence electrons. The maximum absolute atomic E-state index is 12.2. The normalized spacial score (nSPS) is 10.4.